The second kappa shape index (κ2) is 9.40. The van der Waals surface area contributed by atoms with Crippen LogP contribution in [0.3, 0.4) is 0 Å². The van der Waals surface area contributed by atoms with Gasteiger partial charge in [0.2, 0.25) is 0 Å². The van der Waals surface area contributed by atoms with E-state index in [-0.39, 0.29) is 12.3 Å². The van der Waals surface area contributed by atoms with Crippen molar-refractivity contribution >= 4 is 5.97 Å². The van der Waals surface area contributed by atoms with E-state index in [0.29, 0.717) is 32.1 Å². The number of methoxy groups -OCH3 is 3. The maximum Gasteiger partial charge on any atom is 0.360 e. The molecule has 1 aromatic heterocycles. The molecular formula is C12H21N3O5. The van der Waals surface area contributed by atoms with E-state index in [0.717, 1.165) is 6.42 Å². The SMILES string of the molecule is COCCOCCCn1nnc(C(=O)OC)c1COC. The van der Waals surface area contributed by atoms with Crippen LogP contribution in [-0.4, -0.2) is 62.1 Å². The summed E-state index contributed by atoms with van der Waals surface area (Å²) in [6, 6.07) is 0. The smallest absolute Gasteiger partial charge is 0.360 e. The zero-order valence-electron chi connectivity index (χ0n) is 12.1. The van der Waals surface area contributed by atoms with Crippen molar-refractivity contribution in [2.75, 3.05) is 41.2 Å². The predicted octanol–water partition coefficient (Wildman–Crippen LogP) is 0.264. The van der Waals surface area contributed by atoms with E-state index < -0.39 is 5.97 Å². The Kier molecular flexibility index (Phi) is 7.78. The molecule has 0 saturated carbocycles. The maximum atomic E-state index is 11.5. The number of hydrogen-bond donors (Lipinski definition) is 0. The molecule has 0 radical (unpaired) electrons. The van der Waals surface area contributed by atoms with Crippen molar-refractivity contribution in [1.82, 2.24) is 15.0 Å². The molecule has 0 spiro atoms. The van der Waals surface area contributed by atoms with Crippen LogP contribution < -0.4 is 0 Å². The predicted molar refractivity (Wildman–Crippen MR) is 69.4 cm³/mol. The van der Waals surface area contributed by atoms with Gasteiger partial charge in [-0.05, 0) is 6.42 Å². The van der Waals surface area contributed by atoms with Gasteiger partial charge in [0, 0.05) is 27.4 Å². The van der Waals surface area contributed by atoms with Crippen molar-refractivity contribution in [3.05, 3.63) is 11.4 Å². The molecule has 0 aliphatic heterocycles. The minimum Gasteiger partial charge on any atom is -0.464 e. The Morgan fingerprint density at radius 1 is 1.15 bits per heavy atom. The molecule has 1 rings (SSSR count). The summed E-state index contributed by atoms with van der Waals surface area (Å²) < 4.78 is 21.6. The number of carbonyl (C=O) groups excluding carboxylic acids is 1. The highest BCUT2D eigenvalue weighted by atomic mass is 16.5. The van der Waals surface area contributed by atoms with Gasteiger partial charge in [0.25, 0.3) is 0 Å². The molecule has 0 unspecified atom stereocenters. The second-order valence-electron chi connectivity index (χ2n) is 3.99. The Bertz CT molecular complexity index is 408. The molecule has 0 aliphatic rings. The van der Waals surface area contributed by atoms with Crippen molar-refractivity contribution in [2.45, 2.75) is 19.6 Å². The first kappa shape index (κ1) is 16.5. The van der Waals surface area contributed by atoms with Crippen LogP contribution in [0.2, 0.25) is 0 Å². The number of aromatic nitrogens is 3. The standard InChI is InChI=1S/C12H21N3O5/c1-17-7-8-20-6-4-5-15-10(9-18-2)11(13-14-15)12(16)19-3/h4-9H2,1-3H3. The van der Waals surface area contributed by atoms with Crippen LogP contribution >= 0.6 is 0 Å². The van der Waals surface area contributed by atoms with Gasteiger partial charge in [0.15, 0.2) is 5.69 Å². The van der Waals surface area contributed by atoms with E-state index in [1.54, 1.807) is 18.9 Å². The summed E-state index contributed by atoms with van der Waals surface area (Å²) in [7, 11) is 4.48. The third-order valence-electron chi connectivity index (χ3n) is 2.59. The number of esters is 1. The summed E-state index contributed by atoms with van der Waals surface area (Å²) in [5.74, 6) is -0.514. The summed E-state index contributed by atoms with van der Waals surface area (Å²) in [6.07, 6.45) is 0.754. The first-order valence-electron chi connectivity index (χ1n) is 6.30. The Morgan fingerprint density at radius 2 is 1.95 bits per heavy atom. The number of ether oxygens (including phenoxy) is 4. The number of aryl methyl sites for hydroxylation is 1. The quantitative estimate of drug-likeness (QED) is 0.451. The van der Waals surface area contributed by atoms with Crippen molar-refractivity contribution in [2.24, 2.45) is 0 Å². The van der Waals surface area contributed by atoms with Gasteiger partial charge in [0.1, 0.15) is 0 Å². The summed E-state index contributed by atoms with van der Waals surface area (Å²) in [5, 5.41) is 7.77. The Morgan fingerprint density at radius 3 is 2.60 bits per heavy atom. The zero-order valence-corrected chi connectivity index (χ0v) is 12.1. The lowest BCUT2D eigenvalue weighted by Crippen LogP contribution is -2.12. The van der Waals surface area contributed by atoms with Gasteiger partial charge >= 0.3 is 5.97 Å². The lowest BCUT2D eigenvalue weighted by Gasteiger charge is -2.07. The van der Waals surface area contributed by atoms with Gasteiger partial charge in [-0.25, -0.2) is 9.48 Å². The minimum absolute atomic E-state index is 0.189. The van der Waals surface area contributed by atoms with E-state index >= 15 is 0 Å². The molecule has 0 aromatic carbocycles. The van der Waals surface area contributed by atoms with Crippen LogP contribution in [0.15, 0.2) is 0 Å². The topological polar surface area (TPSA) is 84.7 Å². The minimum atomic E-state index is -0.514. The van der Waals surface area contributed by atoms with Gasteiger partial charge < -0.3 is 18.9 Å². The molecule has 20 heavy (non-hydrogen) atoms. The largest absolute Gasteiger partial charge is 0.464 e. The monoisotopic (exact) mass is 287 g/mol. The van der Waals surface area contributed by atoms with Crippen molar-refractivity contribution in [3.8, 4) is 0 Å². The molecular weight excluding hydrogens is 266 g/mol. The summed E-state index contributed by atoms with van der Waals surface area (Å²) in [6.45, 7) is 2.57. The first-order chi connectivity index (χ1) is 9.74. The van der Waals surface area contributed by atoms with Crippen LogP contribution in [0, 0.1) is 0 Å². The molecule has 0 amide bonds. The third kappa shape index (κ3) is 4.87. The average molecular weight is 287 g/mol. The normalized spacial score (nSPS) is 10.8. The van der Waals surface area contributed by atoms with Crippen molar-refractivity contribution in [1.29, 1.82) is 0 Å². The fourth-order valence-corrected chi connectivity index (χ4v) is 1.61. The number of nitrogens with zero attached hydrogens (tertiary/aromatic N) is 3. The van der Waals surface area contributed by atoms with Gasteiger partial charge in [-0.2, -0.15) is 0 Å². The first-order valence-corrected chi connectivity index (χ1v) is 6.30. The molecule has 0 fully saturated rings. The summed E-state index contributed by atoms with van der Waals surface area (Å²) >= 11 is 0. The molecule has 1 aromatic rings. The average Bonchev–Trinajstić information content (AvgIpc) is 2.85. The van der Waals surface area contributed by atoms with Gasteiger partial charge in [-0.3, -0.25) is 0 Å². The van der Waals surface area contributed by atoms with Crippen molar-refractivity contribution in [3.63, 3.8) is 0 Å². The van der Waals surface area contributed by atoms with Gasteiger partial charge in [0.05, 0.1) is 32.6 Å². The highest BCUT2D eigenvalue weighted by Gasteiger charge is 2.19. The van der Waals surface area contributed by atoms with E-state index in [9.17, 15) is 4.79 Å². The third-order valence-corrected chi connectivity index (χ3v) is 2.59. The van der Waals surface area contributed by atoms with Crippen LogP contribution in [0.5, 0.6) is 0 Å². The number of carbonyl (C=O) groups is 1. The molecule has 1 heterocycles. The fourth-order valence-electron chi connectivity index (χ4n) is 1.61. The van der Waals surface area contributed by atoms with Crippen LogP contribution in [0.25, 0.3) is 0 Å². The second-order valence-corrected chi connectivity index (χ2v) is 3.99. The van der Waals surface area contributed by atoms with E-state index in [1.807, 2.05) is 0 Å². The lowest BCUT2D eigenvalue weighted by molar-refractivity contribution is 0.0588. The Labute approximate surface area is 117 Å². The molecule has 8 heteroatoms. The van der Waals surface area contributed by atoms with Crippen LogP contribution in [-0.2, 0) is 32.1 Å². The highest BCUT2D eigenvalue weighted by molar-refractivity contribution is 5.88. The van der Waals surface area contributed by atoms with E-state index in [1.165, 1.54) is 7.11 Å². The highest BCUT2D eigenvalue weighted by Crippen LogP contribution is 2.09. The Hall–Kier alpha value is -1.51. The molecule has 0 N–H and O–H groups in total. The molecule has 0 atom stereocenters. The summed E-state index contributed by atoms with van der Waals surface area (Å²) in [4.78, 5) is 11.5. The molecule has 0 saturated heterocycles. The molecule has 8 nitrogen and oxygen atoms in total. The summed E-state index contributed by atoms with van der Waals surface area (Å²) in [5.41, 5.74) is 0.797. The van der Waals surface area contributed by atoms with Crippen LogP contribution in [0.4, 0.5) is 0 Å². The Balaban J connectivity index is 2.52. The van der Waals surface area contributed by atoms with Gasteiger partial charge in [-0.15, -0.1) is 5.10 Å². The molecule has 0 bridgehead atoms. The zero-order chi connectivity index (χ0) is 14.8. The number of rotatable bonds is 10. The van der Waals surface area contributed by atoms with Crippen molar-refractivity contribution < 1.29 is 23.7 Å². The molecule has 0 aliphatic carbocycles. The number of hydrogen-bond acceptors (Lipinski definition) is 7. The van der Waals surface area contributed by atoms with Gasteiger partial charge in [-0.1, -0.05) is 5.21 Å². The lowest BCUT2D eigenvalue weighted by atomic mass is 10.3. The molecule has 114 valence electrons. The van der Waals surface area contributed by atoms with E-state index in [4.69, 9.17) is 14.2 Å². The maximum absolute atomic E-state index is 11.5. The fraction of sp³-hybridized carbons (Fsp3) is 0.750. The van der Waals surface area contributed by atoms with Crippen LogP contribution in [0.1, 0.15) is 22.6 Å². The van der Waals surface area contributed by atoms with E-state index in [2.05, 4.69) is 15.0 Å².